The molecule has 1 saturated carbocycles. The number of carbonyl (C=O) groups is 2. The van der Waals surface area contributed by atoms with E-state index in [0.29, 0.717) is 30.2 Å². The molecule has 7 nitrogen and oxygen atoms in total. The Kier molecular flexibility index (Phi) is 5.98. The first-order valence-electron chi connectivity index (χ1n) is 10.6. The van der Waals surface area contributed by atoms with E-state index in [-0.39, 0.29) is 40.5 Å². The lowest BCUT2D eigenvalue weighted by atomic mass is 10.0. The van der Waals surface area contributed by atoms with E-state index < -0.39 is 11.7 Å². The Morgan fingerprint density at radius 1 is 1.27 bits per heavy atom. The van der Waals surface area contributed by atoms with Gasteiger partial charge in [0, 0.05) is 42.4 Å². The zero-order valence-corrected chi connectivity index (χ0v) is 18.8. The fraction of sp³-hybridized carbons (Fsp3) is 0.455. The third-order valence-electron chi connectivity index (χ3n) is 6.10. The van der Waals surface area contributed by atoms with Crippen LogP contribution >= 0.6 is 11.6 Å². The lowest BCUT2D eigenvalue weighted by molar-refractivity contribution is -0.137. The van der Waals surface area contributed by atoms with Crippen LogP contribution in [0.5, 0.6) is 0 Å². The molecule has 2 amide bonds. The molecule has 0 radical (unpaired) electrons. The van der Waals surface area contributed by atoms with Gasteiger partial charge in [0.1, 0.15) is 11.6 Å². The number of halogens is 4. The summed E-state index contributed by atoms with van der Waals surface area (Å²) in [7, 11) is 0. The molecule has 11 heteroatoms. The first-order chi connectivity index (χ1) is 15.5. The van der Waals surface area contributed by atoms with Crippen molar-refractivity contribution < 1.29 is 22.8 Å². The highest BCUT2D eigenvalue weighted by atomic mass is 35.5. The predicted molar refractivity (Wildman–Crippen MR) is 117 cm³/mol. The number of hydrogen-bond acceptors (Lipinski definition) is 5. The SMILES string of the molecule is CCC(=O)Nc1cc(C(=O)N[C@H]2CN(c3ncc(C(F)(F)F)cc3Cl)CC23CC3)cc(C)n1. The van der Waals surface area contributed by atoms with Crippen molar-refractivity contribution in [3.05, 3.63) is 46.2 Å². The van der Waals surface area contributed by atoms with Crippen LogP contribution in [0.4, 0.5) is 24.8 Å². The first-order valence-corrected chi connectivity index (χ1v) is 11.0. The number of nitrogens with zero attached hydrogens (tertiary/aromatic N) is 3. The van der Waals surface area contributed by atoms with E-state index in [4.69, 9.17) is 11.6 Å². The highest BCUT2D eigenvalue weighted by Gasteiger charge is 2.56. The summed E-state index contributed by atoms with van der Waals surface area (Å²) >= 11 is 6.13. The minimum absolute atomic E-state index is 0.0753. The van der Waals surface area contributed by atoms with Gasteiger partial charge in [0.05, 0.1) is 16.6 Å². The number of carbonyl (C=O) groups excluding carboxylic acids is 2. The number of rotatable bonds is 5. The molecule has 2 aliphatic rings. The van der Waals surface area contributed by atoms with E-state index in [9.17, 15) is 22.8 Å². The van der Waals surface area contributed by atoms with Crippen LogP contribution in [-0.2, 0) is 11.0 Å². The average molecular weight is 482 g/mol. The molecule has 2 N–H and O–H groups in total. The lowest BCUT2D eigenvalue weighted by Crippen LogP contribution is -2.41. The molecule has 1 aliphatic heterocycles. The largest absolute Gasteiger partial charge is 0.417 e. The fourth-order valence-electron chi connectivity index (χ4n) is 4.15. The Morgan fingerprint density at radius 3 is 2.61 bits per heavy atom. The highest BCUT2D eigenvalue weighted by Crippen LogP contribution is 2.54. The van der Waals surface area contributed by atoms with Crippen molar-refractivity contribution in [3.63, 3.8) is 0 Å². The molecule has 1 saturated heterocycles. The summed E-state index contributed by atoms with van der Waals surface area (Å²) in [5.41, 5.74) is -0.108. The van der Waals surface area contributed by atoms with Gasteiger partial charge in [-0.1, -0.05) is 18.5 Å². The van der Waals surface area contributed by atoms with Crippen LogP contribution in [0.1, 0.15) is 47.8 Å². The van der Waals surface area contributed by atoms with Gasteiger partial charge in [-0.2, -0.15) is 13.2 Å². The molecular formula is C22H23ClF3N5O2. The maximum atomic E-state index is 13.0. The Morgan fingerprint density at radius 2 is 2.00 bits per heavy atom. The molecule has 2 aromatic heterocycles. The van der Waals surface area contributed by atoms with E-state index >= 15 is 0 Å². The van der Waals surface area contributed by atoms with Crippen LogP contribution in [0.2, 0.25) is 5.02 Å². The molecular weight excluding hydrogens is 459 g/mol. The van der Waals surface area contributed by atoms with Crippen molar-refractivity contribution >= 4 is 35.1 Å². The summed E-state index contributed by atoms with van der Waals surface area (Å²) in [4.78, 5) is 34.7. The van der Waals surface area contributed by atoms with Crippen molar-refractivity contribution in [2.75, 3.05) is 23.3 Å². The molecule has 1 spiro atoms. The van der Waals surface area contributed by atoms with Gasteiger partial charge in [0.2, 0.25) is 5.91 Å². The minimum Gasteiger partial charge on any atom is -0.353 e. The van der Waals surface area contributed by atoms with Gasteiger partial charge in [-0.15, -0.1) is 0 Å². The highest BCUT2D eigenvalue weighted by molar-refractivity contribution is 6.33. The number of pyridine rings is 2. The standard InChI is InChI=1S/C22H23ClF3N5O2/c1-3-18(32)30-17-7-13(6-12(2)28-17)20(33)29-16-10-31(11-21(16)4-5-21)19-15(23)8-14(9-27-19)22(24,25)26/h6-9,16H,3-5,10-11H2,1-2H3,(H,29,33)(H,28,30,32)/t16-/m0/s1. The maximum Gasteiger partial charge on any atom is 0.417 e. The second kappa shape index (κ2) is 8.48. The molecule has 3 heterocycles. The van der Waals surface area contributed by atoms with E-state index in [1.807, 2.05) is 4.90 Å². The maximum absolute atomic E-state index is 13.0. The molecule has 4 rings (SSSR count). The Labute approximate surface area is 193 Å². The molecule has 0 aromatic carbocycles. The summed E-state index contributed by atoms with van der Waals surface area (Å²) < 4.78 is 38.8. The summed E-state index contributed by atoms with van der Waals surface area (Å²) in [5, 5.41) is 5.64. The van der Waals surface area contributed by atoms with Crippen molar-refractivity contribution in [1.29, 1.82) is 0 Å². The molecule has 0 bridgehead atoms. The Balaban J connectivity index is 1.50. The van der Waals surface area contributed by atoms with Crippen LogP contribution in [0, 0.1) is 12.3 Å². The first kappa shape index (κ1) is 23.3. The smallest absolute Gasteiger partial charge is 0.353 e. The monoisotopic (exact) mass is 481 g/mol. The Bertz CT molecular complexity index is 1100. The van der Waals surface area contributed by atoms with Crippen molar-refractivity contribution in [3.8, 4) is 0 Å². The zero-order valence-electron chi connectivity index (χ0n) is 18.1. The van der Waals surface area contributed by atoms with Crippen molar-refractivity contribution in [1.82, 2.24) is 15.3 Å². The molecule has 176 valence electrons. The normalized spacial score (nSPS) is 19.0. The van der Waals surface area contributed by atoms with Gasteiger partial charge in [0.15, 0.2) is 0 Å². The van der Waals surface area contributed by atoms with Crippen LogP contribution in [0.3, 0.4) is 0 Å². The Hall–Kier alpha value is -2.88. The third-order valence-corrected chi connectivity index (χ3v) is 6.38. The minimum atomic E-state index is -4.52. The summed E-state index contributed by atoms with van der Waals surface area (Å²) in [6, 6.07) is 3.82. The predicted octanol–water partition coefficient (Wildman–Crippen LogP) is 4.20. The van der Waals surface area contributed by atoms with E-state index in [1.165, 1.54) is 6.07 Å². The second-order valence-corrected chi connectivity index (χ2v) is 8.99. The number of aromatic nitrogens is 2. The van der Waals surface area contributed by atoms with Gasteiger partial charge in [0.25, 0.3) is 5.91 Å². The quantitative estimate of drug-likeness (QED) is 0.668. The van der Waals surface area contributed by atoms with Gasteiger partial charge in [-0.3, -0.25) is 9.59 Å². The van der Waals surface area contributed by atoms with Gasteiger partial charge >= 0.3 is 6.18 Å². The number of aryl methyl sites for hydroxylation is 1. The molecule has 1 aliphatic carbocycles. The topological polar surface area (TPSA) is 87.2 Å². The van der Waals surface area contributed by atoms with Crippen molar-refractivity contribution in [2.24, 2.45) is 5.41 Å². The third kappa shape index (κ3) is 4.90. The van der Waals surface area contributed by atoms with Crippen LogP contribution in [0.15, 0.2) is 24.4 Å². The molecule has 2 aromatic rings. The van der Waals surface area contributed by atoms with E-state index in [2.05, 4.69) is 20.6 Å². The summed E-state index contributed by atoms with van der Waals surface area (Å²) in [6.07, 6.45) is -1.68. The summed E-state index contributed by atoms with van der Waals surface area (Å²) in [6.45, 7) is 4.38. The number of anilines is 2. The molecule has 1 atom stereocenters. The van der Waals surface area contributed by atoms with Crippen LogP contribution < -0.4 is 15.5 Å². The second-order valence-electron chi connectivity index (χ2n) is 8.58. The number of alkyl halides is 3. The summed E-state index contributed by atoms with van der Waals surface area (Å²) in [5.74, 6) is 0.0692. The van der Waals surface area contributed by atoms with E-state index in [0.717, 1.165) is 25.1 Å². The number of nitrogens with one attached hydrogen (secondary N) is 2. The molecule has 0 unspecified atom stereocenters. The molecule has 2 fully saturated rings. The van der Waals surface area contributed by atoms with Gasteiger partial charge < -0.3 is 15.5 Å². The number of hydrogen-bond donors (Lipinski definition) is 2. The molecule has 33 heavy (non-hydrogen) atoms. The lowest BCUT2D eigenvalue weighted by Gasteiger charge is -2.20. The van der Waals surface area contributed by atoms with Crippen molar-refractivity contribution in [2.45, 2.75) is 45.3 Å². The fourth-order valence-corrected chi connectivity index (χ4v) is 4.44. The zero-order chi connectivity index (χ0) is 24.0. The van der Waals surface area contributed by atoms with E-state index in [1.54, 1.807) is 19.9 Å². The van der Waals surface area contributed by atoms with Crippen LogP contribution in [0.25, 0.3) is 0 Å². The van der Waals surface area contributed by atoms with Gasteiger partial charge in [-0.05, 0) is 38.0 Å². The van der Waals surface area contributed by atoms with Crippen LogP contribution in [-0.4, -0.2) is 40.9 Å². The number of amides is 2. The van der Waals surface area contributed by atoms with Gasteiger partial charge in [-0.25, -0.2) is 9.97 Å². The average Bonchev–Trinajstić information content (AvgIpc) is 3.43.